The molecule has 2 aromatic rings. The van der Waals surface area contributed by atoms with Gasteiger partial charge in [-0.1, -0.05) is 0 Å². The molecule has 0 spiro atoms. The summed E-state index contributed by atoms with van der Waals surface area (Å²) in [5, 5.41) is 13.0. The lowest BCUT2D eigenvalue weighted by atomic mass is 10.1. The first kappa shape index (κ1) is 11.8. The predicted molar refractivity (Wildman–Crippen MR) is 64.2 cm³/mol. The van der Waals surface area contributed by atoms with Gasteiger partial charge in [-0.25, -0.2) is 0 Å². The highest BCUT2D eigenvalue weighted by Crippen LogP contribution is 2.24. The van der Waals surface area contributed by atoms with Gasteiger partial charge in [-0.05, 0) is 24.3 Å². The van der Waals surface area contributed by atoms with E-state index in [1.807, 2.05) is 0 Å². The fourth-order valence-electron chi connectivity index (χ4n) is 1.49. The van der Waals surface area contributed by atoms with Crippen molar-refractivity contribution < 1.29 is 14.1 Å². The van der Waals surface area contributed by atoms with Gasteiger partial charge in [-0.15, -0.1) is 0 Å². The average molecular weight is 246 g/mol. The predicted octanol–water partition coefficient (Wildman–Crippen LogP) is 2.21. The van der Waals surface area contributed by atoms with Gasteiger partial charge in [0.1, 0.15) is 5.76 Å². The first-order chi connectivity index (χ1) is 8.61. The molecular formula is C12H10N2O4. The number of furan rings is 1. The third-order valence-corrected chi connectivity index (χ3v) is 2.42. The zero-order chi connectivity index (χ0) is 13.1. The third kappa shape index (κ3) is 2.22. The number of nitro groups is 1. The van der Waals surface area contributed by atoms with Crippen molar-refractivity contribution in [1.82, 2.24) is 5.32 Å². The molecule has 0 saturated heterocycles. The van der Waals surface area contributed by atoms with Crippen LogP contribution in [0.3, 0.4) is 0 Å². The summed E-state index contributed by atoms with van der Waals surface area (Å²) in [5.41, 5.74) is 0.688. The Morgan fingerprint density at radius 3 is 2.44 bits per heavy atom. The number of amides is 1. The number of non-ortho nitro benzene ring substituents is 1. The van der Waals surface area contributed by atoms with Gasteiger partial charge in [0, 0.05) is 24.7 Å². The van der Waals surface area contributed by atoms with E-state index in [4.69, 9.17) is 4.42 Å². The Kier molecular flexibility index (Phi) is 3.09. The summed E-state index contributed by atoms with van der Waals surface area (Å²) in [6, 6.07) is 9.12. The van der Waals surface area contributed by atoms with Crippen molar-refractivity contribution in [3.05, 3.63) is 52.3 Å². The highest BCUT2D eigenvalue weighted by atomic mass is 16.6. The van der Waals surface area contributed by atoms with E-state index in [1.54, 1.807) is 24.3 Å². The van der Waals surface area contributed by atoms with Gasteiger partial charge in [0.05, 0.1) is 4.92 Å². The van der Waals surface area contributed by atoms with Crippen LogP contribution in [0.15, 0.2) is 40.8 Å². The molecule has 0 atom stereocenters. The normalized spacial score (nSPS) is 10.1. The molecule has 92 valence electrons. The zero-order valence-electron chi connectivity index (χ0n) is 9.54. The molecule has 0 aliphatic heterocycles. The minimum Gasteiger partial charge on any atom is -0.451 e. The Balaban J connectivity index is 2.29. The standard InChI is InChI=1S/C12H10N2O4/c1-13-12(15)11-7-6-10(18-11)8-2-4-9(5-3-8)14(16)17/h2-7H,1H3,(H,13,15). The Labute approximate surface area is 102 Å². The van der Waals surface area contributed by atoms with Crippen molar-refractivity contribution in [2.75, 3.05) is 7.05 Å². The van der Waals surface area contributed by atoms with Crippen LogP contribution in [-0.4, -0.2) is 17.9 Å². The molecule has 2 rings (SSSR count). The molecule has 6 nitrogen and oxygen atoms in total. The summed E-state index contributed by atoms with van der Waals surface area (Å²) < 4.78 is 5.34. The maximum absolute atomic E-state index is 11.3. The quantitative estimate of drug-likeness (QED) is 0.664. The van der Waals surface area contributed by atoms with Crippen LogP contribution in [-0.2, 0) is 0 Å². The lowest BCUT2D eigenvalue weighted by molar-refractivity contribution is -0.384. The Bertz CT molecular complexity index is 586. The molecular weight excluding hydrogens is 236 g/mol. The van der Waals surface area contributed by atoms with Gasteiger partial charge >= 0.3 is 0 Å². The molecule has 18 heavy (non-hydrogen) atoms. The summed E-state index contributed by atoms with van der Waals surface area (Å²) in [6.07, 6.45) is 0. The topological polar surface area (TPSA) is 85.4 Å². The molecule has 0 saturated carbocycles. The van der Waals surface area contributed by atoms with Gasteiger partial charge in [-0.2, -0.15) is 0 Å². The molecule has 0 radical (unpaired) electrons. The summed E-state index contributed by atoms with van der Waals surface area (Å²) in [5.74, 6) is 0.373. The molecule has 0 aliphatic rings. The molecule has 1 N–H and O–H groups in total. The molecule has 6 heteroatoms. The van der Waals surface area contributed by atoms with E-state index in [0.29, 0.717) is 11.3 Å². The van der Waals surface area contributed by atoms with Crippen molar-refractivity contribution in [2.45, 2.75) is 0 Å². The number of nitrogens with zero attached hydrogens (tertiary/aromatic N) is 1. The summed E-state index contributed by atoms with van der Waals surface area (Å²) in [7, 11) is 1.51. The fourth-order valence-corrected chi connectivity index (χ4v) is 1.49. The van der Waals surface area contributed by atoms with Crippen LogP contribution in [0.2, 0.25) is 0 Å². The van der Waals surface area contributed by atoms with Gasteiger partial charge in [0.2, 0.25) is 0 Å². The van der Waals surface area contributed by atoms with E-state index in [1.165, 1.54) is 19.2 Å². The molecule has 1 aromatic heterocycles. The number of nitrogens with one attached hydrogen (secondary N) is 1. The van der Waals surface area contributed by atoms with Crippen molar-refractivity contribution in [1.29, 1.82) is 0 Å². The number of hydrogen-bond acceptors (Lipinski definition) is 4. The fraction of sp³-hybridized carbons (Fsp3) is 0.0833. The maximum Gasteiger partial charge on any atom is 0.286 e. The van der Waals surface area contributed by atoms with Crippen LogP contribution in [0.4, 0.5) is 5.69 Å². The van der Waals surface area contributed by atoms with Crippen molar-refractivity contribution in [3.63, 3.8) is 0 Å². The van der Waals surface area contributed by atoms with Gasteiger partial charge < -0.3 is 9.73 Å². The number of carbonyl (C=O) groups is 1. The van der Waals surface area contributed by atoms with Crippen LogP contribution >= 0.6 is 0 Å². The van der Waals surface area contributed by atoms with Crippen molar-refractivity contribution in [2.24, 2.45) is 0 Å². The smallest absolute Gasteiger partial charge is 0.286 e. The summed E-state index contributed by atoms with van der Waals surface area (Å²) in [4.78, 5) is 21.3. The molecule has 0 aliphatic carbocycles. The van der Waals surface area contributed by atoms with E-state index in [-0.39, 0.29) is 17.4 Å². The van der Waals surface area contributed by atoms with E-state index >= 15 is 0 Å². The molecule has 1 amide bonds. The summed E-state index contributed by atoms with van der Waals surface area (Å²) in [6.45, 7) is 0. The maximum atomic E-state index is 11.3. The second-order valence-corrected chi connectivity index (χ2v) is 3.55. The SMILES string of the molecule is CNC(=O)c1ccc(-c2ccc([N+](=O)[O-])cc2)o1. The number of carbonyl (C=O) groups excluding carboxylic acids is 1. The first-order valence-electron chi connectivity index (χ1n) is 5.18. The molecule has 0 bridgehead atoms. The minimum atomic E-state index is -0.470. The highest BCUT2D eigenvalue weighted by molar-refractivity contribution is 5.91. The Morgan fingerprint density at radius 2 is 1.89 bits per heavy atom. The summed E-state index contributed by atoms with van der Waals surface area (Å²) >= 11 is 0. The largest absolute Gasteiger partial charge is 0.451 e. The monoisotopic (exact) mass is 246 g/mol. The average Bonchev–Trinajstić information content (AvgIpc) is 2.87. The van der Waals surface area contributed by atoms with Gasteiger partial charge in [0.25, 0.3) is 11.6 Å². The van der Waals surface area contributed by atoms with Crippen molar-refractivity contribution >= 4 is 11.6 Å². The minimum absolute atomic E-state index is 0.0110. The van der Waals surface area contributed by atoms with E-state index < -0.39 is 4.92 Å². The molecule has 1 heterocycles. The lowest BCUT2D eigenvalue weighted by Gasteiger charge is -1.97. The third-order valence-electron chi connectivity index (χ3n) is 2.42. The van der Waals surface area contributed by atoms with Crippen LogP contribution in [0.5, 0.6) is 0 Å². The van der Waals surface area contributed by atoms with Crippen LogP contribution in [0.25, 0.3) is 11.3 Å². The second-order valence-electron chi connectivity index (χ2n) is 3.55. The molecule has 1 aromatic carbocycles. The van der Waals surface area contributed by atoms with Crippen LogP contribution in [0, 0.1) is 10.1 Å². The van der Waals surface area contributed by atoms with E-state index in [0.717, 1.165) is 0 Å². The highest BCUT2D eigenvalue weighted by Gasteiger charge is 2.11. The Hall–Kier alpha value is -2.63. The van der Waals surface area contributed by atoms with Crippen LogP contribution < -0.4 is 5.32 Å². The van der Waals surface area contributed by atoms with Gasteiger partial charge in [0.15, 0.2) is 5.76 Å². The van der Waals surface area contributed by atoms with Gasteiger partial charge in [-0.3, -0.25) is 14.9 Å². The first-order valence-corrected chi connectivity index (χ1v) is 5.18. The molecule has 0 fully saturated rings. The van der Waals surface area contributed by atoms with E-state index in [2.05, 4.69) is 5.32 Å². The number of benzene rings is 1. The number of hydrogen-bond donors (Lipinski definition) is 1. The Morgan fingerprint density at radius 1 is 1.22 bits per heavy atom. The van der Waals surface area contributed by atoms with E-state index in [9.17, 15) is 14.9 Å². The van der Waals surface area contributed by atoms with Crippen LogP contribution in [0.1, 0.15) is 10.6 Å². The molecule has 0 unspecified atom stereocenters. The number of nitro benzene ring substituents is 1. The zero-order valence-corrected chi connectivity index (χ0v) is 9.54. The van der Waals surface area contributed by atoms with Crippen molar-refractivity contribution in [3.8, 4) is 11.3 Å². The lowest BCUT2D eigenvalue weighted by Crippen LogP contribution is -2.16. The number of rotatable bonds is 3. The second kappa shape index (κ2) is 4.70.